The quantitative estimate of drug-likeness (QED) is 0.708. The summed E-state index contributed by atoms with van der Waals surface area (Å²) in [5.41, 5.74) is 1.85. The summed E-state index contributed by atoms with van der Waals surface area (Å²) in [6, 6.07) is 5.87. The van der Waals surface area contributed by atoms with Crippen molar-refractivity contribution in [3.8, 4) is 5.82 Å². The number of hydrogen-bond acceptors (Lipinski definition) is 2. The van der Waals surface area contributed by atoms with Gasteiger partial charge in [0, 0.05) is 11.9 Å². The zero-order valence-corrected chi connectivity index (χ0v) is 8.57. The van der Waals surface area contributed by atoms with E-state index in [2.05, 4.69) is 9.97 Å². The van der Waals surface area contributed by atoms with Crippen molar-refractivity contribution >= 4 is 11.6 Å². The number of pyridine rings is 1. The molecule has 0 unspecified atom stereocenters. The van der Waals surface area contributed by atoms with E-state index < -0.39 is 0 Å². The second-order valence-electron chi connectivity index (χ2n) is 3.04. The van der Waals surface area contributed by atoms with E-state index >= 15 is 0 Å². The van der Waals surface area contributed by atoms with E-state index in [1.807, 2.05) is 35.9 Å². The van der Waals surface area contributed by atoms with E-state index in [0.29, 0.717) is 5.88 Å². The molecule has 0 saturated carbocycles. The van der Waals surface area contributed by atoms with Crippen LogP contribution in [-0.2, 0) is 5.88 Å². The summed E-state index contributed by atoms with van der Waals surface area (Å²) < 4.78 is 1.87. The molecule has 4 heteroatoms. The summed E-state index contributed by atoms with van der Waals surface area (Å²) in [5, 5.41) is 0. The lowest BCUT2D eigenvalue weighted by atomic mass is 10.4. The van der Waals surface area contributed by atoms with Crippen molar-refractivity contribution in [2.75, 3.05) is 0 Å². The Kier molecular flexibility index (Phi) is 2.50. The van der Waals surface area contributed by atoms with Gasteiger partial charge in [-0.1, -0.05) is 6.07 Å². The number of halogens is 1. The molecule has 72 valence electrons. The zero-order chi connectivity index (χ0) is 9.97. The van der Waals surface area contributed by atoms with Crippen molar-refractivity contribution < 1.29 is 0 Å². The SMILES string of the molecule is Cc1cccc(-n2cnc(CCl)c2)n1. The van der Waals surface area contributed by atoms with Gasteiger partial charge in [0.05, 0.1) is 11.6 Å². The summed E-state index contributed by atoms with van der Waals surface area (Å²) in [6.45, 7) is 1.96. The summed E-state index contributed by atoms with van der Waals surface area (Å²) >= 11 is 5.66. The molecule has 0 atom stereocenters. The third kappa shape index (κ3) is 1.77. The topological polar surface area (TPSA) is 30.7 Å². The van der Waals surface area contributed by atoms with Gasteiger partial charge in [0.1, 0.15) is 12.1 Å². The maximum Gasteiger partial charge on any atom is 0.138 e. The van der Waals surface area contributed by atoms with Crippen LogP contribution in [0.1, 0.15) is 11.4 Å². The molecule has 14 heavy (non-hydrogen) atoms. The van der Waals surface area contributed by atoms with E-state index in [1.54, 1.807) is 6.33 Å². The number of alkyl halides is 1. The largest absolute Gasteiger partial charge is 0.290 e. The van der Waals surface area contributed by atoms with E-state index in [-0.39, 0.29) is 0 Å². The fourth-order valence-electron chi connectivity index (χ4n) is 1.23. The summed E-state index contributed by atoms with van der Waals surface area (Å²) in [6.07, 6.45) is 3.61. The molecule has 2 heterocycles. The Bertz CT molecular complexity index is 436. The fourth-order valence-corrected chi connectivity index (χ4v) is 1.37. The van der Waals surface area contributed by atoms with Gasteiger partial charge in [-0.15, -0.1) is 11.6 Å². The van der Waals surface area contributed by atoms with Crippen molar-refractivity contribution in [2.45, 2.75) is 12.8 Å². The molecular weight excluding hydrogens is 198 g/mol. The lowest BCUT2D eigenvalue weighted by molar-refractivity contribution is 0.975. The van der Waals surface area contributed by atoms with Crippen LogP contribution < -0.4 is 0 Å². The highest BCUT2D eigenvalue weighted by molar-refractivity contribution is 6.16. The number of rotatable bonds is 2. The molecule has 0 bridgehead atoms. The van der Waals surface area contributed by atoms with Gasteiger partial charge in [0.25, 0.3) is 0 Å². The molecule has 0 saturated heterocycles. The van der Waals surface area contributed by atoms with Gasteiger partial charge in [-0.3, -0.25) is 4.57 Å². The lowest BCUT2D eigenvalue weighted by Crippen LogP contribution is -1.94. The molecule has 2 aromatic heterocycles. The van der Waals surface area contributed by atoms with Crippen LogP contribution in [0.4, 0.5) is 0 Å². The van der Waals surface area contributed by atoms with Crippen molar-refractivity contribution in [2.24, 2.45) is 0 Å². The number of aryl methyl sites for hydroxylation is 1. The monoisotopic (exact) mass is 207 g/mol. The molecule has 0 aromatic carbocycles. The molecule has 2 aromatic rings. The molecule has 3 nitrogen and oxygen atoms in total. The third-order valence-electron chi connectivity index (χ3n) is 1.91. The standard InChI is InChI=1S/C10H10ClN3/c1-8-3-2-4-10(13-8)14-6-9(5-11)12-7-14/h2-4,6-7H,5H2,1H3. The number of hydrogen-bond donors (Lipinski definition) is 0. The van der Waals surface area contributed by atoms with Crippen molar-refractivity contribution in [3.05, 3.63) is 42.1 Å². The van der Waals surface area contributed by atoms with E-state index in [0.717, 1.165) is 17.2 Å². The van der Waals surface area contributed by atoms with E-state index in [1.165, 1.54) is 0 Å². The number of aromatic nitrogens is 3. The maximum atomic E-state index is 5.66. The first-order valence-corrected chi connectivity index (χ1v) is 4.86. The molecule has 0 spiro atoms. The lowest BCUT2D eigenvalue weighted by Gasteiger charge is -2.00. The Morgan fingerprint density at radius 2 is 2.29 bits per heavy atom. The Balaban J connectivity index is 2.39. The molecule has 0 fully saturated rings. The number of nitrogens with zero attached hydrogens (tertiary/aromatic N) is 3. The predicted molar refractivity (Wildman–Crippen MR) is 55.7 cm³/mol. The van der Waals surface area contributed by atoms with Crippen molar-refractivity contribution in [1.82, 2.24) is 14.5 Å². The highest BCUT2D eigenvalue weighted by atomic mass is 35.5. The Labute approximate surface area is 87.4 Å². The smallest absolute Gasteiger partial charge is 0.138 e. The molecular formula is C10H10ClN3. The van der Waals surface area contributed by atoms with Gasteiger partial charge in [0.15, 0.2) is 0 Å². The first kappa shape index (κ1) is 9.21. The van der Waals surface area contributed by atoms with Crippen LogP contribution in [0.3, 0.4) is 0 Å². The minimum Gasteiger partial charge on any atom is -0.290 e. The molecule has 0 amide bonds. The van der Waals surface area contributed by atoms with Crippen molar-refractivity contribution in [3.63, 3.8) is 0 Å². The molecule has 0 aliphatic rings. The van der Waals surface area contributed by atoms with Crippen LogP contribution in [0, 0.1) is 6.92 Å². The van der Waals surface area contributed by atoms with Gasteiger partial charge in [0.2, 0.25) is 0 Å². The summed E-state index contributed by atoms with van der Waals surface area (Å²) in [7, 11) is 0. The van der Waals surface area contributed by atoms with Crippen LogP contribution in [-0.4, -0.2) is 14.5 Å². The minimum absolute atomic E-state index is 0.429. The molecule has 2 rings (SSSR count). The molecule has 0 radical (unpaired) electrons. The first-order valence-electron chi connectivity index (χ1n) is 4.32. The van der Waals surface area contributed by atoms with Crippen LogP contribution in [0.25, 0.3) is 5.82 Å². The molecule has 0 aliphatic heterocycles. The Hall–Kier alpha value is -1.35. The zero-order valence-electron chi connectivity index (χ0n) is 7.81. The second kappa shape index (κ2) is 3.80. The first-order chi connectivity index (χ1) is 6.79. The normalized spacial score (nSPS) is 10.4. The third-order valence-corrected chi connectivity index (χ3v) is 2.18. The van der Waals surface area contributed by atoms with Crippen LogP contribution in [0.2, 0.25) is 0 Å². The summed E-state index contributed by atoms with van der Waals surface area (Å²) in [5.74, 6) is 1.30. The minimum atomic E-state index is 0.429. The Morgan fingerprint density at radius 1 is 1.43 bits per heavy atom. The molecule has 0 aliphatic carbocycles. The van der Waals surface area contributed by atoms with Gasteiger partial charge < -0.3 is 0 Å². The Morgan fingerprint density at radius 3 is 2.93 bits per heavy atom. The van der Waals surface area contributed by atoms with Gasteiger partial charge in [-0.2, -0.15) is 0 Å². The van der Waals surface area contributed by atoms with Gasteiger partial charge in [-0.25, -0.2) is 9.97 Å². The highest BCUT2D eigenvalue weighted by Gasteiger charge is 2.00. The predicted octanol–water partition coefficient (Wildman–Crippen LogP) is 2.31. The van der Waals surface area contributed by atoms with Gasteiger partial charge >= 0.3 is 0 Å². The van der Waals surface area contributed by atoms with Crippen LogP contribution >= 0.6 is 11.6 Å². The van der Waals surface area contributed by atoms with Crippen LogP contribution in [0.5, 0.6) is 0 Å². The molecule has 0 N–H and O–H groups in total. The highest BCUT2D eigenvalue weighted by Crippen LogP contribution is 2.07. The average Bonchev–Trinajstić information content (AvgIpc) is 2.66. The van der Waals surface area contributed by atoms with Gasteiger partial charge in [-0.05, 0) is 19.1 Å². The maximum absolute atomic E-state index is 5.66. The van der Waals surface area contributed by atoms with Crippen LogP contribution in [0.15, 0.2) is 30.7 Å². The average molecular weight is 208 g/mol. The van der Waals surface area contributed by atoms with Crippen molar-refractivity contribution in [1.29, 1.82) is 0 Å². The fraction of sp³-hybridized carbons (Fsp3) is 0.200. The second-order valence-corrected chi connectivity index (χ2v) is 3.31. The summed E-state index contributed by atoms with van der Waals surface area (Å²) in [4.78, 5) is 8.50. The van der Waals surface area contributed by atoms with E-state index in [9.17, 15) is 0 Å². The number of imidazole rings is 1. The van der Waals surface area contributed by atoms with E-state index in [4.69, 9.17) is 11.6 Å².